The summed E-state index contributed by atoms with van der Waals surface area (Å²) in [6.07, 6.45) is 7.40. The number of hydrogen-bond acceptors (Lipinski definition) is 3. The molecule has 1 N–H and O–H groups in total. The van der Waals surface area contributed by atoms with E-state index in [-0.39, 0.29) is 0 Å². The van der Waals surface area contributed by atoms with E-state index in [1.165, 1.54) is 21.9 Å². The summed E-state index contributed by atoms with van der Waals surface area (Å²) in [4.78, 5) is 8.23. The van der Waals surface area contributed by atoms with Crippen LogP contribution in [0.1, 0.15) is 11.1 Å². The van der Waals surface area contributed by atoms with Gasteiger partial charge in [0, 0.05) is 43.3 Å². The lowest BCUT2D eigenvalue weighted by molar-refractivity contribution is 0.692. The van der Waals surface area contributed by atoms with Crippen molar-refractivity contribution in [3.63, 3.8) is 0 Å². The maximum absolute atomic E-state index is 4.12. The number of nitrogens with zero attached hydrogens (tertiary/aromatic N) is 2. The van der Waals surface area contributed by atoms with Crippen LogP contribution >= 0.6 is 0 Å². The quantitative estimate of drug-likeness (QED) is 0.772. The molecule has 0 saturated carbocycles. The van der Waals surface area contributed by atoms with Crippen molar-refractivity contribution in [2.75, 3.05) is 0 Å². The Morgan fingerprint density at radius 2 is 1.68 bits per heavy atom. The first-order valence-corrected chi connectivity index (χ1v) is 6.34. The summed E-state index contributed by atoms with van der Waals surface area (Å²) in [5, 5.41) is 5.84. The SMILES string of the molecule is c1cncc(CNCc2ccc3cnccc3c2)c1. The van der Waals surface area contributed by atoms with Crippen LogP contribution < -0.4 is 5.32 Å². The molecule has 3 heteroatoms. The summed E-state index contributed by atoms with van der Waals surface area (Å²) < 4.78 is 0. The van der Waals surface area contributed by atoms with E-state index in [1.807, 2.05) is 30.7 Å². The van der Waals surface area contributed by atoms with Gasteiger partial charge in [-0.1, -0.05) is 18.2 Å². The van der Waals surface area contributed by atoms with Crippen LogP contribution in [0.2, 0.25) is 0 Å². The molecule has 0 saturated heterocycles. The molecule has 0 unspecified atom stereocenters. The molecule has 0 amide bonds. The molecule has 2 aromatic heterocycles. The first-order chi connectivity index (χ1) is 9.42. The van der Waals surface area contributed by atoms with Crippen molar-refractivity contribution in [1.29, 1.82) is 0 Å². The smallest absolute Gasteiger partial charge is 0.0346 e. The average Bonchev–Trinajstić information content (AvgIpc) is 2.48. The Hall–Kier alpha value is -2.26. The summed E-state index contributed by atoms with van der Waals surface area (Å²) in [5.74, 6) is 0. The molecule has 3 rings (SSSR count). The van der Waals surface area contributed by atoms with Gasteiger partial charge in [0.15, 0.2) is 0 Å². The third-order valence-electron chi connectivity index (χ3n) is 3.09. The molecule has 19 heavy (non-hydrogen) atoms. The molecule has 0 bridgehead atoms. The van der Waals surface area contributed by atoms with Gasteiger partial charge in [0.1, 0.15) is 0 Å². The van der Waals surface area contributed by atoms with Gasteiger partial charge in [0.05, 0.1) is 0 Å². The van der Waals surface area contributed by atoms with Crippen molar-refractivity contribution in [1.82, 2.24) is 15.3 Å². The van der Waals surface area contributed by atoms with Crippen LogP contribution in [0.5, 0.6) is 0 Å². The summed E-state index contributed by atoms with van der Waals surface area (Å²) in [6, 6.07) is 12.5. The Kier molecular flexibility index (Phi) is 3.47. The fraction of sp³-hybridized carbons (Fsp3) is 0.125. The van der Waals surface area contributed by atoms with Crippen LogP contribution in [0.4, 0.5) is 0 Å². The summed E-state index contributed by atoms with van der Waals surface area (Å²) in [5.41, 5.74) is 2.48. The highest BCUT2D eigenvalue weighted by atomic mass is 14.8. The lowest BCUT2D eigenvalue weighted by Gasteiger charge is -2.06. The van der Waals surface area contributed by atoms with Gasteiger partial charge in [0.25, 0.3) is 0 Å². The molecule has 0 radical (unpaired) electrons. The second-order valence-electron chi connectivity index (χ2n) is 4.52. The zero-order chi connectivity index (χ0) is 12.9. The largest absolute Gasteiger partial charge is 0.309 e. The number of benzene rings is 1. The van der Waals surface area contributed by atoms with Gasteiger partial charge in [-0.3, -0.25) is 9.97 Å². The minimum atomic E-state index is 0.836. The third-order valence-corrected chi connectivity index (χ3v) is 3.09. The van der Waals surface area contributed by atoms with E-state index in [1.54, 1.807) is 6.20 Å². The Morgan fingerprint density at radius 1 is 0.789 bits per heavy atom. The van der Waals surface area contributed by atoms with Gasteiger partial charge < -0.3 is 5.32 Å². The molecule has 3 nitrogen and oxygen atoms in total. The molecule has 0 fully saturated rings. The second-order valence-corrected chi connectivity index (χ2v) is 4.52. The van der Waals surface area contributed by atoms with E-state index < -0.39 is 0 Å². The molecular formula is C16H15N3. The van der Waals surface area contributed by atoms with Crippen LogP contribution in [-0.2, 0) is 13.1 Å². The fourth-order valence-corrected chi connectivity index (χ4v) is 2.10. The zero-order valence-corrected chi connectivity index (χ0v) is 10.6. The van der Waals surface area contributed by atoms with Gasteiger partial charge in [-0.2, -0.15) is 0 Å². The maximum Gasteiger partial charge on any atom is 0.0346 e. The Morgan fingerprint density at radius 3 is 2.58 bits per heavy atom. The first kappa shape index (κ1) is 11.8. The van der Waals surface area contributed by atoms with Crippen LogP contribution in [0.15, 0.2) is 61.2 Å². The second kappa shape index (κ2) is 5.59. The van der Waals surface area contributed by atoms with Gasteiger partial charge in [-0.25, -0.2) is 0 Å². The average molecular weight is 249 g/mol. The molecule has 0 spiro atoms. The van der Waals surface area contributed by atoms with E-state index in [9.17, 15) is 0 Å². The minimum Gasteiger partial charge on any atom is -0.309 e. The lowest BCUT2D eigenvalue weighted by atomic mass is 10.1. The first-order valence-electron chi connectivity index (χ1n) is 6.34. The number of rotatable bonds is 4. The molecule has 2 heterocycles. The van der Waals surface area contributed by atoms with Crippen LogP contribution in [-0.4, -0.2) is 9.97 Å². The Labute approximate surface area is 112 Å². The molecule has 0 aliphatic carbocycles. The molecule has 3 aromatic rings. The van der Waals surface area contributed by atoms with E-state index in [2.05, 4.69) is 39.6 Å². The zero-order valence-electron chi connectivity index (χ0n) is 10.6. The van der Waals surface area contributed by atoms with Crippen LogP contribution in [0.25, 0.3) is 10.8 Å². The Bertz CT molecular complexity index is 665. The van der Waals surface area contributed by atoms with E-state index in [0.717, 1.165) is 13.1 Å². The fourth-order valence-electron chi connectivity index (χ4n) is 2.10. The normalized spacial score (nSPS) is 10.7. The van der Waals surface area contributed by atoms with E-state index >= 15 is 0 Å². The molecule has 0 aliphatic rings. The standard InChI is InChI=1S/C16H15N3/c1-2-14(10-17-6-1)11-19-9-13-3-4-16-12-18-7-5-15(16)8-13/h1-8,10,12,19H,9,11H2. The van der Waals surface area contributed by atoms with Crippen molar-refractivity contribution in [2.45, 2.75) is 13.1 Å². The van der Waals surface area contributed by atoms with E-state index in [0.29, 0.717) is 0 Å². The number of aromatic nitrogens is 2. The van der Waals surface area contributed by atoms with Crippen LogP contribution in [0, 0.1) is 0 Å². The monoisotopic (exact) mass is 249 g/mol. The highest BCUT2D eigenvalue weighted by Crippen LogP contribution is 2.14. The van der Waals surface area contributed by atoms with Gasteiger partial charge >= 0.3 is 0 Å². The number of pyridine rings is 2. The molecule has 0 atom stereocenters. The van der Waals surface area contributed by atoms with Gasteiger partial charge in [-0.05, 0) is 34.7 Å². The van der Waals surface area contributed by atoms with Crippen molar-refractivity contribution in [2.24, 2.45) is 0 Å². The predicted octanol–water partition coefficient (Wildman–Crippen LogP) is 2.92. The highest BCUT2D eigenvalue weighted by molar-refractivity contribution is 5.81. The third kappa shape index (κ3) is 2.95. The molecule has 94 valence electrons. The lowest BCUT2D eigenvalue weighted by Crippen LogP contribution is -2.12. The Balaban J connectivity index is 1.65. The van der Waals surface area contributed by atoms with Crippen molar-refractivity contribution >= 4 is 10.8 Å². The molecule has 0 aliphatic heterocycles. The van der Waals surface area contributed by atoms with Crippen LogP contribution in [0.3, 0.4) is 0 Å². The number of hydrogen-bond donors (Lipinski definition) is 1. The number of nitrogens with one attached hydrogen (secondary N) is 1. The minimum absolute atomic E-state index is 0.836. The van der Waals surface area contributed by atoms with Crippen molar-refractivity contribution in [3.8, 4) is 0 Å². The van der Waals surface area contributed by atoms with Gasteiger partial charge in [0.2, 0.25) is 0 Å². The number of fused-ring (bicyclic) bond motifs is 1. The van der Waals surface area contributed by atoms with Crippen molar-refractivity contribution in [3.05, 3.63) is 72.3 Å². The molecule has 1 aromatic carbocycles. The summed E-state index contributed by atoms with van der Waals surface area (Å²) >= 11 is 0. The maximum atomic E-state index is 4.12. The van der Waals surface area contributed by atoms with Crippen molar-refractivity contribution < 1.29 is 0 Å². The summed E-state index contributed by atoms with van der Waals surface area (Å²) in [6.45, 7) is 1.69. The summed E-state index contributed by atoms with van der Waals surface area (Å²) in [7, 11) is 0. The topological polar surface area (TPSA) is 37.8 Å². The van der Waals surface area contributed by atoms with E-state index in [4.69, 9.17) is 0 Å². The predicted molar refractivity (Wildman–Crippen MR) is 76.5 cm³/mol. The molecular weight excluding hydrogens is 234 g/mol. The van der Waals surface area contributed by atoms with Gasteiger partial charge in [-0.15, -0.1) is 0 Å². The highest BCUT2D eigenvalue weighted by Gasteiger charge is 1.97.